The van der Waals surface area contributed by atoms with Crippen LogP contribution in [0, 0.1) is 11.3 Å². The molecule has 8 heteroatoms. The van der Waals surface area contributed by atoms with Gasteiger partial charge in [0.1, 0.15) is 4.90 Å². The molecule has 0 saturated carbocycles. The van der Waals surface area contributed by atoms with Gasteiger partial charge in [-0.25, -0.2) is 13.1 Å². The second-order valence-electron chi connectivity index (χ2n) is 4.78. The summed E-state index contributed by atoms with van der Waals surface area (Å²) in [5, 5.41) is 8.73. The molecular formula is C13H16N4O3S. The predicted molar refractivity (Wildman–Crippen MR) is 76.6 cm³/mol. The molecule has 1 aliphatic heterocycles. The topological polar surface area (TPSA) is 116 Å². The van der Waals surface area contributed by atoms with Gasteiger partial charge in [-0.1, -0.05) is 0 Å². The summed E-state index contributed by atoms with van der Waals surface area (Å²) in [6, 6.07) is 5.80. The molecule has 0 bridgehead atoms. The number of carbonyl (C=O) groups excluding carboxylic acids is 1. The summed E-state index contributed by atoms with van der Waals surface area (Å²) in [7, 11) is -3.87. The summed E-state index contributed by atoms with van der Waals surface area (Å²) < 4.78 is 26.5. The molecule has 1 aromatic carbocycles. The summed E-state index contributed by atoms with van der Waals surface area (Å²) in [5.41, 5.74) is 5.91. The molecule has 1 aromatic rings. The van der Waals surface area contributed by atoms with Crippen molar-refractivity contribution < 1.29 is 13.2 Å². The first-order chi connectivity index (χ1) is 9.94. The molecule has 1 fully saturated rings. The van der Waals surface area contributed by atoms with Gasteiger partial charge in [0.2, 0.25) is 15.9 Å². The van der Waals surface area contributed by atoms with E-state index in [0.717, 1.165) is 12.8 Å². The number of hydrogen-bond acceptors (Lipinski definition) is 5. The summed E-state index contributed by atoms with van der Waals surface area (Å²) >= 11 is 0. The number of likely N-dealkylation sites (tertiary alicyclic amines) is 1. The van der Waals surface area contributed by atoms with Crippen LogP contribution in [0.4, 0.5) is 5.69 Å². The summed E-state index contributed by atoms with van der Waals surface area (Å²) in [5.74, 6) is -0.247. The van der Waals surface area contributed by atoms with E-state index >= 15 is 0 Å². The Balaban J connectivity index is 2.08. The van der Waals surface area contributed by atoms with Crippen LogP contribution in [0.3, 0.4) is 0 Å². The average Bonchev–Trinajstić information content (AvgIpc) is 2.98. The molecule has 1 saturated heterocycles. The third-order valence-corrected chi connectivity index (χ3v) is 4.78. The quantitative estimate of drug-likeness (QED) is 0.762. The van der Waals surface area contributed by atoms with E-state index in [0.29, 0.717) is 13.1 Å². The Morgan fingerprint density at radius 1 is 1.38 bits per heavy atom. The van der Waals surface area contributed by atoms with Crippen molar-refractivity contribution in [3.05, 3.63) is 23.8 Å². The molecule has 2 rings (SSSR count). The van der Waals surface area contributed by atoms with Gasteiger partial charge < -0.3 is 10.6 Å². The monoisotopic (exact) mass is 308 g/mol. The summed E-state index contributed by atoms with van der Waals surface area (Å²) in [6.07, 6.45) is 1.89. The molecule has 1 amide bonds. The van der Waals surface area contributed by atoms with E-state index in [1.807, 2.05) is 6.07 Å². The Labute approximate surface area is 123 Å². The zero-order valence-electron chi connectivity index (χ0n) is 11.4. The molecule has 0 aromatic heterocycles. The number of rotatable bonds is 4. The fourth-order valence-electron chi connectivity index (χ4n) is 2.18. The average molecular weight is 308 g/mol. The van der Waals surface area contributed by atoms with Gasteiger partial charge in [0.15, 0.2) is 0 Å². The molecule has 21 heavy (non-hydrogen) atoms. The van der Waals surface area contributed by atoms with Gasteiger partial charge in [0, 0.05) is 13.1 Å². The fraction of sp³-hybridized carbons (Fsp3) is 0.385. The maximum absolute atomic E-state index is 12.1. The predicted octanol–water partition coefficient (Wildman–Crippen LogP) is 0.0412. The molecule has 0 aliphatic carbocycles. The van der Waals surface area contributed by atoms with E-state index in [9.17, 15) is 13.2 Å². The van der Waals surface area contributed by atoms with Crippen LogP contribution >= 0.6 is 0 Å². The smallest absolute Gasteiger partial charge is 0.243 e. The molecular weight excluding hydrogens is 292 g/mol. The third-order valence-electron chi connectivity index (χ3n) is 3.30. The van der Waals surface area contributed by atoms with Crippen LogP contribution in [-0.2, 0) is 14.8 Å². The molecule has 1 heterocycles. The van der Waals surface area contributed by atoms with Crippen LogP contribution in [0.5, 0.6) is 0 Å². The largest absolute Gasteiger partial charge is 0.398 e. The van der Waals surface area contributed by atoms with Gasteiger partial charge in [-0.3, -0.25) is 4.79 Å². The Morgan fingerprint density at radius 3 is 2.62 bits per heavy atom. The van der Waals surface area contributed by atoms with Crippen LogP contribution in [0.15, 0.2) is 23.1 Å². The number of anilines is 1. The first-order valence-corrected chi connectivity index (χ1v) is 7.99. The van der Waals surface area contributed by atoms with E-state index in [-0.39, 0.29) is 28.6 Å². The molecule has 0 spiro atoms. The molecule has 0 atom stereocenters. The van der Waals surface area contributed by atoms with Crippen molar-refractivity contribution in [3.8, 4) is 6.07 Å². The molecule has 3 N–H and O–H groups in total. The Kier molecular flexibility index (Phi) is 4.45. The van der Waals surface area contributed by atoms with Crippen molar-refractivity contribution in [1.29, 1.82) is 5.26 Å². The number of nitrogens with zero attached hydrogens (tertiary/aromatic N) is 2. The van der Waals surface area contributed by atoms with Crippen LogP contribution in [0.25, 0.3) is 0 Å². The highest BCUT2D eigenvalue weighted by molar-refractivity contribution is 7.89. The normalized spacial score (nSPS) is 14.9. The minimum atomic E-state index is -3.87. The lowest BCUT2D eigenvalue weighted by molar-refractivity contribution is -0.128. The zero-order valence-corrected chi connectivity index (χ0v) is 12.2. The Hall–Kier alpha value is -2.11. The highest BCUT2D eigenvalue weighted by Crippen LogP contribution is 2.19. The van der Waals surface area contributed by atoms with Gasteiger partial charge in [0.25, 0.3) is 0 Å². The maximum atomic E-state index is 12.1. The van der Waals surface area contributed by atoms with Crippen LogP contribution in [0.1, 0.15) is 18.4 Å². The number of carbonyl (C=O) groups is 1. The minimum absolute atomic E-state index is 0.0184. The SMILES string of the molecule is N#Cc1ccc(S(=O)(=O)NCC(=O)N2CCCC2)c(N)c1. The summed E-state index contributed by atoms with van der Waals surface area (Å²) in [4.78, 5) is 13.3. The van der Waals surface area contributed by atoms with Crippen molar-refractivity contribution in [2.24, 2.45) is 0 Å². The number of nitrogen functional groups attached to an aromatic ring is 1. The number of benzene rings is 1. The molecule has 1 aliphatic rings. The number of nitrogens with two attached hydrogens (primary N) is 1. The van der Waals surface area contributed by atoms with E-state index < -0.39 is 10.0 Å². The van der Waals surface area contributed by atoms with Gasteiger partial charge in [-0.05, 0) is 31.0 Å². The standard InChI is InChI=1S/C13H16N4O3S/c14-8-10-3-4-12(11(15)7-10)21(19,20)16-9-13(18)17-5-1-2-6-17/h3-4,7,16H,1-2,5-6,9,15H2. The second kappa shape index (κ2) is 6.11. The first-order valence-electron chi connectivity index (χ1n) is 6.51. The Morgan fingerprint density at radius 2 is 2.05 bits per heavy atom. The van der Waals surface area contributed by atoms with E-state index in [1.165, 1.54) is 18.2 Å². The van der Waals surface area contributed by atoms with Crippen LogP contribution in [-0.4, -0.2) is 38.9 Å². The first kappa shape index (κ1) is 15.3. The van der Waals surface area contributed by atoms with Crippen LogP contribution < -0.4 is 10.5 Å². The van der Waals surface area contributed by atoms with E-state index in [2.05, 4.69) is 4.72 Å². The van der Waals surface area contributed by atoms with Crippen molar-refractivity contribution in [3.63, 3.8) is 0 Å². The lowest BCUT2D eigenvalue weighted by Crippen LogP contribution is -2.38. The third kappa shape index (κ3) is 3.51. The van der Waals surface area contributed by atoms with E-state index in [1.54, 1.807) is 4.90 Å². The van der Waals surface area contributed by atoms with Crippen molar-refractivity contribution >= 4 is 21.6 Å². The number of nitriles is 1. The van der Waals surface area contributed by atoms with Crippen molar-refractivity contribution in [2.45, 2.75) is 17.7 Å². The highest BCUT2D eigenvalue weighted by Gasteiger charge is 2.22. The molecule has 112 valence electrons. The lowest BCUT2D eigenvalue weighted by atomic mass is 10.2. The summed E-state index contributed by atoms with van der Waals surface area (Å²) in [6.45, 7) is 1.04. The maximum Gasteiger partial charge on any atom is 0.243 e. The number of hydrogen-bond donors (Lipinski definition) is 2. The number of sulfonamides is 1. The van der Waals surface area contributed by atoms with Crippen molar-refractivity contribution in [2.75, 3.05) is 25.4 Å². The fourth-order valence-corrected chi connectivity index (χ4v) is 3.26. The zero-order chi connectivity index (χ0) is 15.5. The van der Waals surface area contributed by atoms with Gasteiger partial charge in [-0.2, -0.15) is 5.26 Å². The second-order valence-corrected chi connectivity index (χ2v) is 6.51. The Bertz CT molecular complexity index is 688. The molecule has 0 radical (unpaired) electrons. The number of amides is 1. The molecule has 0 unspecified atom stereocenters. The van der Waals surface area contributed by atoms with E-state index in [4.69, 9.17) is 11.0 Å². The van der Waals surface area contributed by atoms with Gasteiger partial charge in [-0.15, -0.1) is 0 Å². The van der Waals surface area contributed by atoms with Crippen molar-refractivity contribution in [1.82, 2.24) is 9.62 Å². The van der Waals surface area contributed by atoms with Gasteiger partial charge in [0.05, 0.1) is 23.9 Å². The van der Waals surface area contributed by atoms with Gasteiger partial charge >= 0.3 is 0 Å². The van der Waals surface area contributed by atoms with Crippen LogP contribution in [0.2, 0.25) is 0 Å². The highest BCUT2D eigenvalue weighted by atomic mass is 32.2. The molecule has 7 nitrogen and oxygen atoms in total. The lowest BCUT2D eigenvalue weighted by Gasteiger charge is -2.16. The minimum Gasteiger partial charge on any atom is -0.398 e. The number of nitrogens with one attached hydrogen (secondary N) is 1.